The molecular formula is C28H44N4O5. The molecule has 0 aliphatic carbocycles. The molecule has 2 rings (SSSR count). The summed E-state index contributed by atoms with van der Waals surface area (Å²) in [5.74, 6) is 0.334. The number of aromatic nitrogens is 2. The molecule has 1 aromatic heterocycles. The van der Waals surface area contributed by atoms with Gasteiger partial charge in [-0.3, -0.25) is 4.79 Å². The summed E-state index contributed by atoms with van der Waals surface area (Å²) < 4.78 is 10.3. The fraction of sp³-hybridized carbons (Fsp3) is 0.643. The van der Waals surface area contributed by atoms with Gasteiger partial charge in [-0.2, -0.15) is 4.98 Å². The summed E-state index contributed by atoms with van der Waals surface area (Å²) in [4.78, 5) is 28.1. The number of alkyl carbamates (subject to hydrolysis) is 1. The number of benzene rings is 1. The van der Waals surface area contributed by atoms with Gasteiger partial charge in [0, 0.05) is 12.1 Å². The summed E-state index contributed by atoms with van der Waals surface area (Å²) >= 11 is 0. The van der Waals surface area contributed by atoms with Gasteiger partial charge in [0.15, 0.2) is 0 Å². The number of nitrogens with one attached hydrogen (secondary N) is 2. The predicted molar refractivity (Wildman–Crippen MR) is 143 cm³/mol. The van der Waals surface area contributed by atoms with Crippen LogP contribution >= 0.6 is 0 Å². The average molecular weight is 517 g/mol. The molecule has 0 aliphatic rings. The second kappa shape index (κ2) is 16.0. The van der Waals surface area contributed by atoms with Gasteiger partial charge in [0.2, 0.25) is 17.6 Å². The van der Waals surface area contributed by atoms with Crippen LogP contribution in [-0.2, 0) is 22.5 Å². The van der Waals surface area contributed by atoms with Crippen LogP contribution in [0.5, 0.6) is 0 Å². The van der Waals surface area contributed by atoms with Crippen LogP contribution in [0.1, 0.15) is 96.9 Å². The maximum absolute atomic E-state index is 12.1. The Bertz CT molecular complexity index is 937. The molecule has 0 radical (unpaired) electrons. The number of amides is 2. The van der Waals surface area contributed by atoms with E-state index in [0.29, 0.717) is 5.82 Å². The van der Waals surface area contributed by atoms with Crippen LogP contribution < -0.4 is 10.6 Å². The van der Waals surface area contributed by atoms with Crippen molar-refractivity contribution in [1.82, 2.24) is 20.8 Å². The Balaban J connectivity index is 1.67. The number of carbonyl (C=O) groups is 2. The van der Waals surface area contributed by atoms with Gasteiger partial charge < -0.3 is 25.0 Å². The number of unbranched alkanes of at least 4 members (excludes halogenated alkanes) is 7. The third kappa shape index (κ3) is 13.3. The third-order valence-electron chi connectivity index (χ3n) is 5.74. The molecule has 9 heteroatoms. The Hall–Kier alpha value is -2.94. The average Bonchev–Trinajstić information content (AvgIpc) is 3.32. The van der Waals surface area contributed by atoms with E-state index in [4.69, 9.17) is 9.26 Å². The van der Waals surface area contributed by atoms with Gasteiger partial charge in [-0.05, 0) is 39.2 Å². The highest BCUT2D eigenvalue weighted by Gasteiger charge is 2.18. The fourth-order valence-corrected chi connectivity index (χ4v) is 3.78. The smallest absolute Gasteiger partial charge is 0.407 e. The van der Waals surface area contributed by atoms with Crippen molar-refractivity contribution in [3.05, 3.63) is 35.7 Å². The van der Waals surface area contributed by atoms with E-state index in [0.717, 1.165) is 12.0 Å². The van der Waals surface area contributed by atoms with Gasteiger partial charge in [-0.25, -0.2) is 4.79 Å². The van der Waals surface area contributed by atoms with E-state index in [1.54, 1.807) is 20.8 Å². The molecule has 0 aliphatic heterocycles. The molecule has 0 spiro atoms. The van der Waals surface area contributed by atoms with Gasteiger partial charge in [0.25, 0.3) is 0 Å². The number of carbonyl (C=O) groups excluding carboxylic acids is 2. The molecule has 0 unspecified atom stereocenters. The van der Waals surface area contributed by atoms with Crippen LogP contribution in [0, 0.1) is 0 Å². The first-order chi connectivity index (χ1) is 17.7. The topological polar surface area (TPSA) is 127 Å². The lowest BCUT2D eigenvalue weighted by molar-refractivity contribution is -0.123. The van der Waals surface area contributed by atoms with E-state index in [1.807, 2.05) is 12.1 Å². The SMILES string of the molecule is CCCCCCCCCCc1ccc(-c2noc(CNC(=O)C[C@@H](O)CNC(=O)OC(C)(C)C)n2)cc1. The first kappa shape index (κ1) is 30.3. The van der Waals surface area contributed by atoms with Gasteiger partial charge in [0.1, 0.15) is 5.60 Å². The minimum absolute atomic E-state index is 0.0502. The normalized spacial score (nSPS) is 12.2. The van der Waals surface area contributed by atoms with Crippen LogP contribution in [0.15, 0.2) is 28.8 Å². The number of hydrogen-bond acceptors (Lipinski definition) is 7. The maximum atomic E-state index is 12.1. The zero-order valence-corrected chi connectivity index (χ0v) is 22.8. The number of rotatable bonds is 16. The van der Waals surface area contributed by atoms with Crippen LogP contribution in [0.25, 0.3) is 11.4 Å². The standard InChI is InChI=1S/C28H44N4O5/c1-5-6-7-8-9-10-11-12-13-21-14-16-22(17-15-21)26-31-25(37-32-26)20-29-24(34)18-23(33)19-30-27(35)36-28(2,3)4/h14-17,23,33H,5-13,18-20H2,1-4H3,(H,29,34)(H,30,35)/t23-/m1/s1. The number of aliphatic hydroxyl groups is 1. The fourth-order valence-electron chi connectivity index (χ4n) is 3.78. The molecule has 1 heterocycles. The zero-order valence-electron chi connectivity index (χ0n) is 22.8. The summed E-state index contributed by atoms with van der Waals surface area (Å²) in [7, 11) is 0. The first-order valence-electron chi connectivity index (χ1n) is 13.5. The van der Waals surface area contributed by atoms with E-state index in [9.17, 15) is 14.7 Å². The van der Waals surface area contributed by atoms with Crippen LogP contribution in [-0.4, -0.2) is 45.5 Å². The molecule has 37 heavy (non-hydrogen) atoms. The molecule has 0 saturated heterocycles. The quantitative estimate of drug-likeness (QED) is 0.258. The first-order valence-corrected chi connectivity index (χ1v) is 13.5. The largest absolute Gasteiger partial charge is 0.444 e. The van der Waals surface area contributed by atoms with Crippen molar-refractivity contribution in [3.8, 4) is 11.4 Å². The Morgan fingerprint density at radius 2 is 1.65 bits per heavy atom. The Morgan fingerprint density at radius 1 is 1.00 bits per heavy atom. The van der Waals surface area contributed by atoms with Gasteiger partial charge in [0.05, 0.1) is 19.1 Å². The molecule has 0 saturated carbocycles. The number of aryl methyl sites for hydroxylation is 1. The van der Waals surface area contributed by atoms with E-state index in [1.165, 1.54) is 56.9 Å². The zero-order chi connectivity index (χ0) is 27.1. The minimum Gasteiger partial charge on any atom is -0.444 e. The number of ether oxygens (including phenoxy) is 1. The molecule has 0 fully saturated rings. The van der Waals surface area contributed by atoms with Crippen molar-refractivity contribution < 1.29 is 24.0 Å². The van der Waals surface area contributed by atoms with E-state index in [-0.39, 0.29) is 25.4 Å². The third-order valence-corrected chi connectivity index (χ3v) is 5.74. The Kier molecular flexibility index (Phi) is 13.1. The van der Waals surface area contributed by atoms with Crippen molar-refractivity contribution in [3.63, 3.8) is 0 Å². The minimum atomic E-state index is -1.05. The maximum Gasteiger partial charge on any atom is 0.407 e. The summed E-state index contributed by atoms with van der Waals surface area (Å²) in [6, 6.07) is 8.17. The monoisotopic (exact) mass is 516 g/mol. The van der Waals surface area contributed by atoms with Crippen LogP contribution in [0.2, 0.25) is 0 Å². The summed E-state index contributed by atoms with van der Waals surface area (Å²) in [5.41, 5.74) is 1.51. The number of nitrogens with zero attached hydrogens (tertiary/aromatic N) is 2. The molecule has 3 N–H and O–H groups in total. The molecule has 2 amide bonds. The second-order valence-electron chi connectivity index (χ2n) is 10.5. The highest BCUT2D eigenvalue weighted by Crippen LogP contribution is 2.18. The molecular weight excluding hydrogens is 472 g/mol. The van der Waals surface area contributed by atoms with Gasteiger partial charge >= 0.3 is 6.09 Å². The molecule has 2 aromatic rings. The summed E-state index contributed by atoms with van der Waals surface area (Å²) in [6.45, 7) is 7.43. The lowest BCUT2D eigenvalue weighted by Crippen LogP contribution is -2.38. The Morgan fingerprint density at radius 3 is 2.30 bits per heavy atom. The van der Waals surface area contributed by atoms with Crippen LogP contribution in [0.4, 0.5) is 4.79 Å². The molecule has 1 atom stereocenters. The van der Waals surface area contributed by atoms with Crippen LogP contribution in [0.3, 0.4) is 0 Å². The van der Waals surface area contributed by atoms with Gasteiger partial charge in [-0.15, -0.1) is 0 Å². The van der Waals surface area contributed by atoms with Crippen molar-refractivity contribution >= 4 is 12.0 Å². The second-order valence-corrected chi connectivity index (χ2v) is 10.5. The molecule has 206 valence electrons. The molecule has 1 aromatic carbocycles. The lowest BCUT2D eigenvalue weighted by Gasteiger charge is -2.20. The van der Waals surface area contributed by atoms with Crippen molar-refractivity contribution in [2.24, 2.45) is 0 Å². The summed E-state index contributed by atoms with van der Waals surface area (Å²) in [6.07, 6.45) is 9.67. The van der Waals surface area contributed by atoms with E-state index in [2.05, 4.69) is 39.8 Å². The van der Waals surface area contributed by atoms with E-state index < -0.39 is 23.7 Å². The van der Waals surface area contributed by atoms with Gasteiger partial charge in [-0.1, -0.05) is 81.3 Å². The van der Waals surface area contributed by atoms with Crippen molar-refractivity contribution in [1.29, 1.82) is 0 Å². The molecule has 0 bridgehead atoms. The lowest BCUT2D eigenvalue weighted by atomic mass is 10.0. The van der Waals surface area contributed by atoms with Crippen molar-refractivity contribution in [2.75, 3.05) is 6.54 Å². The van der Waals surface area contributed by atoms with Crippen molar-refractivity contribution in [2.45, 2.75) is 110 Å². The predicted octanol–water partition coefficient (Wildman–Crippen LogP) is 5.31. The highest BCUT2D eigenvalue weighted by molar-refractivity contribution is 5.76. The number of hydrogen-bond donors (Lipinski definition) is 3. The molecule has 9 nitrogen and oxygen atoms in total. The van der Waals surface area contributed by atoms with E-state index >= 15 is 0 Å². The highest BCUT2D eigenvalue weighted by atomic mass is 16.6. The number of aliphatic hydroxyl groups excluding tert-OH is 1. The summed E-state index contributed by atoms with van der Waals surface area (Å²) in [5, 5.41) is 19.1. The Labute approximate surface area is 220 Å².